The number of aryl methyl sites for hydroxylation is 1. The van der Waals surface area contributed by atoms with E-state index >= 15 is 0 Å². The minimum Gasteiger partial charge on any atom is -0.496 e. The van der Waals surface area contributed by atoms with Crippen LogP contribution in [0.1, 0.15) is 43.9 Å². The second kappa shape index (κ2) is 7.28. The van der Waals surface area contributed by atoms with E-state index in [0.29, 0.717) is 0 Å². The second-order valence-electron chi connectivity index (χ2n) is 6.76. The lowest BCUT2D eigenvalue weighted by atomic mass is 9.91. The quantitative estimate of drug-likeness (QED) is 0.902. The zero-order chi connectivity index (χ0) is 15.4. The molecule has 118 valence electrons. The molecule has 1 aromatic carbocycles. The number of ether oxygens (including phenoxy) is 1. The van der Waals surface area contributed by atoms with Gasteiger partial charge in [-0.25, -0.2) is 0 Å². The average molecular weight is 291 g/mol. The van der Waals surface area contributed by atoms with Crippen LogP contribution in [0.15, 0.2) is 18.2 Å². The molecule has 1 aliphatic rings. The first kappa shape index (κ1) is 16.3. The first-order valence-electron chi connectivity index (χ1n) is 8.04. The molecule has 0 radical (unpaired) electrons. The lowest BCUT2D eigenvalue weighted by Crippen LogP contribution is -2.39. The lowest BCUT2D eigenvalue weighted by Gasteiger charge is -2.35. The molecule has 1 heterocycles. The smallest absolute Gasteiger partial charge is 0.124 e. The summed E-state index contributed by atoms with van der Waals surface area (Å²) in [6, 6.07) is 5.99. The van der Waals surface area contributed by atoms with Gasteiger partial charge >= 0.3 is 0 Å². The molecule has 3 unspecified atom stereocenters. The monoisotopic (exact) mass is 291 g/mol. The van der Waals surface area contributed by atoms with Crippen LogP contribution in [-0.2, 0) is 0 Å². The van der Waals surface area contributed by atoms with Crippen molar-refractivity contribution >= 4 is 0 Å². The number of rotatable bonds is 5. The number of likely N-dealkylation sites (tertiary alicyclic amines) is 1. The summed E-state index contributed by atoms with van der Waals surface area (Å²) in [7, 11) is 1.66. The van der Waals surface area contributed by atoms with E-state index in [-0.39, 0.29) is 0 Å². The minimum absolute atomic E-state index is 0.451. The molecule has 1 fully saturated rings. The largest absolute Gasteiger partial charge is 0.496 e. The van der Waals surface area contributed by atoms with Gasteiger partial charge in [0.2, 0.25) is 0 Å². The average Bonchev–Trinajstić information content (AvgIpc) is 2.43. The van der Waals surface area contributed by atoms with E-state index in [2.05, 4.69) is 18.7 Å². The van der Waals surface area contributed by atoms with Crippen molar-refractivity contribution in [2.75, 3.05) is 26.7 Å². The topological polar surface area (TPSA) is 32.7 Å². The van der Waals surface area contributed by atoms with Crippen LogP contribution in [-0.4, -0.2) is 36.8 Å². The van der Waals surface area contributed by atoms with Gasteiger partial charge in [0.05, 0.1) is 13.2 Å². The van der Waals surface area contributed by atoms with E-state index in [4.69, 9.17) is 4.74 Å². The highest BCUT2D eigenvalue weighted by Crippen LogP contribution is 2.29. The number of aliphatic hydroxyl groups is 1. The molecule has 1 saturated heterocycles. The summed E-state index contributed by atoms with van der Waals surface area (Å²) in [6.45, 7) is 9.95. The van der Waals surface area contributed by atoms with Gasteiger partial charge in [0.25, 0.3) is 0 Å². The highest BCUT2D eigenvalue weighted by molar-refractivity contribution is 5.38. The standard InChI is InChI=1S/C18H29NO2/c1-13-5-6-18(21-4)16(10-13)17(20)7-8-19-11-14(2)9-15(3)12-19/h5-6,10,14-15,17,20H,7-9,11-12H2,1-4H3. The molecule has 0 aliphatic carbocycles. The first-order valence-corrected chi connectivity index (χ1v) is 8.04. The summed E-state index contributed by atoms with van der Waals surface area (Å²) < 4.78 is 5.37. The van der Waals surface area contributed by atoms with Gasteiger partial charge in [0, 0.05) is 25.2 Å². The van der Waals surface area contributed by atoms with E-state index in [1.807, 2.05) is 25.1 Å². The molecule has 1 aliphatic heterocycles. The molecule has 2 rings (SSSR count). The van der Waals surface area contributed by atoms with Gasteiger partial charge in [-0.05, 0) is 43.7 Å². The molecule has 0 amide bonds. The molecular formula is C18H29NO2. The van der Waals surface area contributed by atoms with E-state index in [9.17, 15) is 5.11 Å². The van der Waals surface area contributed by atoms with Crippen LogP contribution in [0.3, 0.4) is 0 Å². The van der Waals surface area contributed by atoms with Crippen LogP contribution in [0.2, 0.25) is 0 Å². The third kappa shape index (κ3) is 4.45. The van der Waals surface area contributed by atoms with Gasteiger partial charge < -0.3 is 14.7 Å². The summed E-state index contributed by atoms with van der Waals surface area (Å²) in [4.78, 5) is 2.49. The van der Waals surface area contributed by atoms with Crippen molar-refractivity contribution in [1.29, 1.82) is 0 Å². The molecule has 1 aromatic rings. The van der Waals surface area contributed by atoms with Crippen LogP contribution >= 0.6 is 0 Å². The first-order chi connectivity index (χ1) is 9.99. The summed E-state index contributed by atoms with van der Waals surface area (Å²) in [5.74, 6) is 2.31. The molecule has 3 nitrogen and oxygen atoms in total. The van der Waals surface area contributed by atoms with Crippen molar-refractivity contribution < 1.29 is 9.84 Å². The Morgan fingerprint density at radius 2 is 1.95 bits per heavy atom. The Morgan fingerprint density at radius 1 is 1.29 bits per heavy atom. The van der Waals surface area contributed by atoms with Crippen LogP contribution in [0.25, 0.3) is 0 Å². The Bertz CT molecular complexity index is 451. The van der Waals surface area contributed by atoms with E-state index in [0.717, 1.165) is 54.8 Å². The van der Waals surface area contributed by atoms with Crippen LogP contribution in [0.4, 0.5) is 0 Å². The number of hydrogen-bond acceptors (Lipinski definition) is 3. The minimum atomic E-state index is -0.451. The van der Waals surface area contributed by atoms with Gasteiger partial charge in [-0.15, -0.1) is 0 Å². The van der Waals surface area contributed by atoms with Crippen molar-refractivity contribution in [3.8, 4) is 5.75 Å². The summed E-state index contributed by atoms with van der Waals surface area (Å²) in [5.41, 5.74) is 2.07. The van der Waals surface area contributed by atoms with Crippen LogP contribution in [0, 0.1) is 18.8 Å². The van der Waals surface area contributed by atoms with Crippen molar-refractivity contribution in [3.63, 3.8) is 0 Å². The normalized spacial score (nSPS) is 24.8. The molecule has 1 N–H and O–H groups in total. The molecular weight excluding hydrogens is 262 g/mol. The van der Waals surface area contributed by atoms with Gasteiger partial charge in [-0.2, -0.15) is 0 Å². The SMILES string of the molecule is COc1ccc(C)cc1C(O)CCN1CC(C)CC(C)C1. The predicted octanol–water partition coefficient (Wildman–Crippen LogP) is 3.41. The third-order valence-electron chi connectivity index (χ3n) is 4.41. The van der Waals surface area contributed by atoms with Crippen molar-refractivity contribution in [3.05, 3.63) is 29.3 Å². The summed E-state index contributed by atoms with van der Waals surface area (Å²) in [5, 5.41) is 10.5. The lowest BCUT2D eigenvalue weighted by molar-refractivity contribution is 0.102. The Morgan fingerprint density at radius 3 is 2.57 bits per heavy atom. The maximum atomic E-state index is 10.5. The molecule has 0 spiro atoms. The van der Waals surface area contributed by atoms with Crippen molar-refractivity contribution in [2.24, 2.45) is 11.8 Å². The Kier molecular flexibility index (Phi) is 5.65. The summed E-state index contributed by atoms with van der Waals surface area (Å²) in [6.07, 6.45) is 1.64. The molecule has 3 heteroatoms. The van der Waals surface area contributed by atoms with Gasteiger partial charge in [-0.3, -0.25) is 0 Å². The third-order valence-corrected chi connectivity index (χ3v) is 4.41. The zero-order valence-corrected chi connectivity index (χ0v) is 13.8. The number of nitrogens with zero attached hydrogens (tertiary/aromatic N) is 1. The molecule has 0 bridgehead atoms. The van der Waals surface area contributed by atoms with Gasteiger partial charge in [0.1, 0.15) is 5.75 Å². The van der Waals surface area contributed by atoms with Crippen LogP contribution < -0.4 is 4.74 Å². The highest BCUT2D eigenvalue weighted by atomic mass is 16.5. The van der Waals surface area contributed by atoms with Crippen LogP contribution in [0.5, 0.6) is 5.75 Å². The molecule has 0 aromatic heterocycles. The van der Waals surface area contributed by atoms with E-state index in [1.54, 1.807) is 7.11 Å². The van der Waals surface area contributed by atoms with Crippen molar-refractivity contribution in [1.82, 2.24) is 4.90 Å². The number of piperidine rings is 1. The maximum absolute atomic E-state index is 10.5. The number of methoxy groups -OCH3 is 1. The number of hydrogen-bond donors (Lipinski definition) is 1. The number of benzene rings is 1. The van der Waals surface area contributed by atoms with E-state index in [1.165, 1.54) is 6.42 Å². The zero-order valence-electron chi connectivity index (χ0n) is 13.8. The van der Waals surface area contributed by atoms with E-state index < -0.39 is 6.10 Å². The van der Waals surface area contributed by atoms with Gasteiger partial charge in [0.15, 0.2) is 0 Å². The number of aliphatic hydroxyl groups excluding tert-OH is 1. The highest BCUT2D eigenvalue weighted by Gasteiger charge is 2.22. The molecule has 21 heavy (non-hydrogen) atoms. The summed E-state index contributed by atoms with van der Waals surface area (Å²) >= 11 is 0. The fraction of sp³-hybridized carbons (Fsp3) is 0.667. The fourth-order valence-electron chi connectivity index (χ4n) is 3.55. The van der Waals surface area contributed by atoms with Crippen molar-refractivity contribution in [2.45, 2.75) is 39.7 Å². The Labute approximate surface area is 128 Å². The van der Waals surface area contributed by atoms with Gasteiger partial charge in [-0.1, -0.05) is 25.5 Å². The molecule has 0 saturated carbocycles. The maximum Gasteiger partial charge on any atom is 0.124 e. The Balaban J connectivity index is 1.95. The second-order valence-corrected chi connectivity index (χ2v) is 6.76. The Hall–Kier alpha value is -1.06. The molecule has 3 atom stereocenters. The fourth-order valence-corrected chi connectivity index (χ4v) is 3.55. The predicted molar refractivity (Wildman–Crippen MR) is 86.7 cm³/mol.